The summed E-state index contributed by atoms with van der Waals surface area (Å²) < 4.78 is 0. The Labute approximate surface area is 197 Å². The van der Waals surface area contributed by atoms with Crippen LogP contribution in [-0.2, 0) is 32.0 Å². The smallest absolute Gasteiger partial charge is 0.235 e. The maximum atomic E-state index is 13.5. The fourth-order valence-electron chi connectivity index (χ4n) is 6.11. The van der Waals surface area contributed by atoms with E-state index >= 15 is 0 Å². The molecule has 0 saturated heterocycles. The summed E-state index contributed by atoms with van der Waals surface area (Å²) in [5.41, 5.74) is 4.32. The van der Waals surface area contributed by atoms with Crippen molar-refractivity contribution in [2.75, 3.05) is 0 Å². The van der Waals surface area contributed by atoms with Gasteiger partial charge in [-0.05, 0) is 54.7 Å². The summed E-state index contributed by atoms with van der Waals surface area (Å²) in [6.07, 6.45) is 3.89. The summed E-state index contributed by atoms with van der Waals surface area (Å²) in [5, 5.41) is 21.7. The molecule has 3 aliphatic carbocycles. The third kappa shape index (κ3) is 3.59. The number of Topliss-reactive ketones (excluding diaryl/α,β-unsaturated/α-hetero) is 4. The minimum Gasteiger partial charge on any atom is -0.507 e. The van der Waals surface area contributed by atoms with Crippen molar-refractivity contribution in [3.05, 3.63) is 28.8 Å². The van der Waals surface area contributed by atoms with E-state index in [0.717, 1.165) is 31.2 Å². The Balaban J connectivity index is 1.69. The maximum absolute atomic E-state index is 13.5. The van der Waals surface area contributed by atoms with Gasteiger partial charge in [-0.3, -0.25) is 24.0 Å². The lowest BCUT2D eigenvalue weighted by Gasteiger charge is -2.48. The van der Waals surface area contributed by atoms with E-state index in [0.29, 0.717) is 17.9 Å². The van der Waals surface area contributed by atoms with Gasteiger partial charge in [-0.25, -0.2) is 0 Å². The predicted molar refractivity (Wildman–Crippen MR) is 121 cm³/mol. The number of phenols is 1. The molecule has 2 saturated carbocycles. The molecular formula is C26H31NO7. The van der Waals surface area contributed by atoms with Crippen LogP contribution >= 0.6 is 0 Å². The van der Waals surface area contributed by atoms with Crippen molar-refractivity contribution < 1.29 is 34.2 Å². The number of fused-ring (bicyclic) bond motifs is 3. The van der Waals surface area contributed by atoms with Gasteiger partial charge < -0.3 is 15.9 Å². The summed E-state index contributed by atoms with van der Waals surface area (Å²) in [7, 11) is 0. The number of rotatable bonds is 6. The molecule has 1 aromatic carbocycles. The molecule has 0 spiro atoms. The number of aliphatic hydroxyl groups is 1. The molecule has 4 rings (SSSR count). The molecule has 4 N–H and O–H groups in total. The summed E-state index contributed by atoms with van der Waals surface area (Å²) >= 11 is 0. The van der Waals surface area contributed by atoms with Gasteiger partial charge in [0.15, 0.2) is 34.7 Å². The summed E-state index contributed by atoms with van der Waals surface area (Å²) in [5.74, 6) is -9.12. The number of primary amides is 1. The zero-order valence-corrected chi connectivity index (χ0v) is 19.5. The number of aromatic hydroxyl groups is 1. The molecule has 1 aromatic rings. The van der Waals surface area contributed by atoms with Crippen LogP contribution in [0.3, 0.4) is 0 Å². The molecule has 182 valence electrons. The van der Waals surface area contributed by atoms with Gasteiger partial charge in [0.1, 0.15) is 5.75 Å². The molecule has 3 unspecified atom stereocenters. The third-order valence-electron chi connectivity index (χ3n) is 8.22. The molecule has 0 radical (unpaired) electrons. The average Bonchev–Trinajstić information content (AvgIpc) is 2.77. The van der Waals surface area contributed by atoms with E-state index in [9.17, 15) is 34.2 Å². The van der Waals surface area contributed by atoms with Crippen LogP contribution in [0, 0.1) is 29.6 Å². The molecule has 6 atom stereocenters. The van der Waals surface area contributed by atoms with Crippen molar-refractivity contribution >= 4 is 29.0 Å². The van der Waals surface area contributed by atoms with Crippen molar-refractivity contribution in [2.45, 2.75) is 64.4 Å². The fraction of sp³-hybridized carbons (Fsp3) is 0.577. The normalized spacial score (nSPS) is 31.5. The standard InChI is InChI=1S/C26H31NO7/c1-3-12(2)5-4-6-13-7-8-17(28)20-16(13)10-14-9-15-11-18(29)21(25(27)33)24(32)26(15,34)23(31)19(14)22(20)30/h7-8,12,14-15,19,21,28,34H,3-6,9-11H2,1-2H3,(H2,27,33)/t12?,14-,15+,19?,21?,26+/m1/s1. The van der Waals surface area contributed by atoms with Crippen molar-refractivity contribution in [1.82, 2.24) is 0 Å². The number of benzene rings is 1. The van der Waals surface area contributed by atoms with Crippen LogP contribution in [0.15, 0.2) is 12.1 Å². The lowest BCUT2D eigenvalue weighted by molar-refractivity contribution is -0.175. The summed E-state index contributed by atoms with van der Waals surface area (Å²) in [6.45, 7) is 4.32. The number of nitrogens with two attached hydrogens (primary N) is 1. The van der Waals surface area contributed by atoms with Crippen molar-refractivity contribution in [1.29, 1.82) is 0 Å². The number of phenolic OH excluding ortho intramolecular Hbond substituents is 1. The largest absolute Gasteiger partial charge is 0.507 e. The predicted octanol–water partition coefficient (Wildman–Crippen LogP) is 1.70. The first-order valence-corrected chi connectivity index (χ1v) is 12.0. The van der Waals surface area contributed by atoms with Gasteiger partial charge >= 0.3 is 0 Å². The molecule has 2 fully saturated rings. The monoisotopic (exact) mass is 469 g/mol. The molecule has 8 nitrogen and oxygen atoms in total. The quantitative estimate of drug-likeness (QED) is 0.536. The minimum atomic E-state index is -2.61. The van der Waals surface area contributed by atoms with Gasteiger partial charge in [-0.2, -0.15) is 0 Å². The molecule has 0 aromatic heterocycles. The number of ketones is 4. The van der Waals surface area contributed by atoms with Crippen LogP contribution in [0.2, 0.25) is 0 Å². The fourth-order valence-corrected chi connectivity index (χ4v) is 6.11. The van der Waals surface area contributed by atoms with Gasteiger partial charge in [-0.1, -0.05) is 32.8 Å². The van der Waals surface area contributed by atoms with Crippen LogP contribution in [0.25, 0.3) is 0 Å². The molecular weight excluding hydrogens is 438 g/mol. The first-order chi connectivity index (χ1) is 16.0. The van der Waals surface area contributed by atoms with Crippen molar-refractivity contribution in [3.63, 3.8) is 0 Å². The SMILES string of the molecule is CCC(C)CCCc1ccc(O)c2c1C[C@H]1C[C@H]3CC(=O)C(C(N)=O)C(=O)[C@@]3(O)C(=O)C1C2=O. The van der Waals surface area contributed by atoms with Crippen molar-refractivity contribution in [3.8, 4) is 5.75 Å². The molecule has 8 heteroatoms. The van der Waals surface area contributed by atoms with Gasteiger partial charge in [0.2, 0.25) is 5.91 Å². The Morgan fingerprint density at radius 3 is 2.53 bits per heavy atom. The second kappa shape index (κ2) is 8.73. The lowest BCUT2D eigenvalue weighted by atomic mass is 9.53. The topological polar surface area (TPSA) is 152 Å². The zero-order valence-electron chi connectivity index (χ0n) is 19.5. The summed E-state index contributed by atoms with van der Waals surface area (Å²) in [4.78, 5) is 64.0. The number of amides is 1. The highest BCUT2D eigenvalue weighted by Gasteiger charge is 2.66. The number of aryl methyl sites for hydroxylation is 1. The number of hydrogen-bond donors (Lipinski definition) is 3. The second-order valence-electron chi connectivity index (χ2n) is 10.2. The highest BCUT2D eigenvalue weighted by Crippen LogP contribution is 2.50. The van der Waals surface area contributed by atoms with Crippen molar-refractivity contribution in [2.24, 2.45) is 35.3 Å². The first kappa shape index (κ1) is 24.3. The van der Waals surface area contributed by atoms with Crippen LogP contribution < -0.4 is 5.73 Å². The van der Waals surface area contributed by atoms with Gasteiger partial charge in [0.05, 0.1) is 11.5 Å². The van der Waals surface area contributed by atoms with E-state index in [2.05, 4.69) is 13.8 Å². The van der Waals surface area contributed by atoms with Crippen LogP contribution in [0.4, 0.5) is 0 Å². The van der Waals surface area contributed by atoms with Crippen LogP contribution in [0.1, 0.15) is 67.4 Å². The number of carbonyl (C=O) groups is 5. The first-order valence-electron chi connectivity index (χ1n) is 12.0. The van der Waals surface area contributed by atoms with E-state index in [4.69, 9.17) is 5.73 Å². The highest BCUT2D eigenvalue weighted by molar-refractivity contribution is 6.31. The highest BCUT2D eigenvalue weighted by atomic mass is 16.3. The lowest BCUT2D eigenvalue weighted by Crippen LogP contribution is -2.68. The molecule has 0 aliphatic heterocycles. The molecule has 3 aliphatic rings. The van der Waals surface area contributed by atoms with E-state index in [1.54, 1.807) is 0 Å². The Morgan fingerprint density at radius 1 is 1.18 bits per heavy atom. The molecule has 34 heavy (non-hydrogen) atoms. The van der Waals surface area contributed by atoms with Crippen LogP contribution in [-0.4, -0.2) is 44.9 Å². The van der Waals surface area contributed by atoms with E-state index in [1.165, 1.54) is 6.07 Å². The van der Waals surface area contributed by atoms with E-state index < -0.39 is 58.3 Å². The number of carbonyl (C=O) groups excluding carboxylic acids is 5. The summed E-state index contributed by atoms with van der Waals surface area (Å²) in [6, 6.07) is 3.26. The minimum absolute atomic E-state index is 0.0727. The van der Waals surface area contributed by atoms with Gasteiger partial charge in [0.25, 0.3) is 0 Å². The second-order valence-corrected chi connectivity index (χ2v) is 10.2. The molecule has 0 bridgehead atoms. The maximum Gasteiger partial charge on any atom is 0.235 e. The van der Waals surface area contributed by atoms with E-state index in [1.807, 2.05) is 6.07 Å². The van der Waals surface area contributed by atoms with Crippen LogP contribution in [0.5, 0.6) is 5.75 Å². The molecule has 1 amide bonds. The van der Waals surface area contributed by atoms with E-state index in [-0.39, 0.29) is 24.2 Å². The third-order valence-corrected chi connectivity index (χ3v) is 8.22. The zero-order chi connectivity index (χ0) is 24.9. The number of hydrogen-bond acceptors (Lipinski definition) is 7. The Morgan fingerprint density at radius 2 is 1.88 bits per heavy atom. The molecule has 0 heterocycles. The Hall–Kier alpha value is -2.87. The van der Waals surface area contributed by atoms with Gasteiger partial charge in [0, 0.05) is 12.3 Å². The Kier molecular flexibility index (Phi) is 6.23. The Bertz CT molecular complexity index is 1090. The average molecular weight is 470 g/mol. The van der Waals surface area contributed by atoms with Gasteiger partial charge in [-0.15, -0.1) is 0 Å².